The third-order valence-electron chi connectivity index (χ3n) is 3.33. The molecule has 0 aliphatic carbocycles. The summed E-state index contributed by atoms with van der Waals surface area (Å²) >= 11 is 5.96. The molecule has 1 aliphatic rings. The molecular weight excluding hydrogens is 265 g/mol. The molecule has 4 heteroatoms. The van der Waals surface area contributed by atoms with Crippen LogP contribution in [0.3, 0.4) is 0 Å². The molecule has 2 nitrogen and oxygen atoms in total. The molecule has 0 radical (unpaired) electrons. The Morgan fingerprint density at radius 2 is 2.05 bits per heavy atom. The van der Waals surface area contributed by atoms with Crippen molar-refractivity contribution in [2.24, 2.45) is 5.73 Å². The molecule has 19 heavy (non-hydrogen) atoms. The van der Waals surface area contributed by atoms with Crippen LogP contribution in [-0.2, 0) is 0 Å². The molecule has 3 rings (SSSR count). The van der Waals surface area contributed by atoms with E-state index in [2.05, 4.69) is 0 Å². The van der Waals surface area contributed by atoms with Crippen LogP contribution in [0.5, 0.6) is 5.75 Å². The Morgan fingerprint density at radius 1 is 1.21 bits per heavy atom. The molecule has 0 spiro atoms. The molecule has 0 amide bonds. The average molecular weight is 278 g/mol. The monoisotopic (exact) mass is 277 g/mol. The Morgan fingerprint density at radius 3 is 2.84 bits per heavy atom. The maximum atomic E-state index is 13.3. The quantitative estimate of drug-likeness (QED) is 0.855. The van der Waals surface area contributed by atoms with Gasteiger partial charge >= 0.3 is 0 Å². The SMILES string of the molecule is N[C@H]1CC(c2cccc(F)c2)Oc2ccc(Cl)cc21. The smallest absolute Gasteiger partial charge is 0.126 e. The average Bonchev–Trinajstić information content (AvgIpc) is 2.39. The lowest BCUT2D eigenvalue weighted by molar-refractivity contribution is 0.161. The van der Waals surface area contributed by atoms with Crippen molar-refractivity contribution in [1.82, 2.24) is 0 Å². The summed E-state index contributed by atoms with van der Waals surface area (Å²) in [6.07, 6.45) is 0.385. The second-order valence-corrected chi connectivity index (χ2v) is 5.12. The van der Waals surface area contributed by atoms with E-state index >= 15 is 0 Å². The van der Waals surface area contributed by atoms with Gasteiger partial charge in [0.25, 0.3) is 0 Å². The van der Waals surface area contributed by atoms with E-state index in [1.807, 2.05) is 18.2 Å². The zero-order valence-electron chi connectivity index (χ0n) is 10.1. The number of nitrogens with two attached hydrogens (primary N) is 1. The summed E-state index contributed by atoms with van der Waals surface area (Å²) in [5.74, 6) is 0.453. The van der Waals surface area contributed by atoms with Crippen molar-refractivity contribution in [2.45, 2.75) is 18.6 Å². The summed E-state index contributed by atoms with van der Waals surface area (Å²) in [5.41, 5.74) is 7.85. The van der Waals surface area contributed by atoms with Gasteiger partial charge in [0.2, 0.25) is 0 Å². The van der Waals surface area contributed by atoms with Gasteiger partial charge in [-0.15, -0.1) is 0 Å². The van der Waals surface area contributed by atoms with Crippen LogP contribution in [0.1, 0.15) is 29.7 Å². The molecule has 0 aromatic heterocycles. The molecule has 1 heterocycles. The number of ether oxygens (including phenoxy) is 1. The van der Waals surface area contributed by atoms with Gasteiger partial charge < -0.3 is 10.5 Å². The van der Waals surface area contributed by atoms with E-state index in [4.69, 9.17) is 22.1 Å². The zero-order valence-corrected chi connectivity index (χ0v) is 10.9. The highest BCUT2D eigenvalue weighted by Gasteiger charge is 2.27. The van der Waals surface area contributed by atoms with Crippen LogP contribution in [0.4, 0.5) is 4.39 Å². The van der Waals surface area contributed by atoms with E-state index in [-0.39, 0.29) is 18.0 Å². The summed E-state index contributed by atoms with van der Waals surface area (Å²) in [6.45, 7) is 0. The molecule has 1 aliphatic heterocycles. The summed E-state index contributed by atoms with van der Waals surface area (Å²) in [6, 6.07) is 11.7. The number of benzene rings is 2. The van der Waals surface area contributed by atoms with Crippen LogP contribution in [-0.4, -0.2) is 0 Å². The molecule has 0 saturated heterocycles. The first-order chi connectivity index (χ1) is 9.13. The lowest BCUT2D eigenvalue weighted by atomic mass is 9.93. The van der Waals surface area contributed by atoms with Crippen LogP contribution in [0.2, 0.25) is 5.02 Å². The maximum absolute atomic E-state index is 13.3. The van der Waals surface area contributed by atoms with E-state index in [1.165, 1.54) is 12.1 Å². The lowest BCUT2D eigenvalue weighted by Crippen LogP contribution is -2.24. The van der Waals surface area contributed by atoms with Gasteiger partial charge in [-0.05, 0) is 35.9 Å². The minimum Gasteiger partial charge on any atom is -0.485 e. The van der Waals surface area contributed by atoms with Crippen molar-refractivity contribution in [2.75, 3.05) is 0 Å². The number of hydrogen-bond acceptors (Lipinski definition) is 2. The van der Waals surface area contributed by atoms with Crippen LogP contribution in [0.25, 0.3) is 0 Å². The van der Waals surface area contributed by atoms with E-state index in [9.17, 15) is 4.39 Å². The summed E-state index contributed by atoms with van der Waals surface area (Å²) < 4.78 is 19.2. The fourth-order valence-electron chi connectivity index (χ4n) is 2.39. The van der Waals surface area contributed by atoms with Gasteiger partial charge in [-0.25, -0.2) is 4.39 Å². The van der Waals surface area contributed by atoms with Crippen molar-refractivity contribution < 1.29 is 9.13 Å². The molecule has 2 aromatic rings. The van der Waals surface area contributed by atoms with Crippen LogP contribution >= 0.6 is 11.6 Å². The maximum Gasteiger partial charge on any atom is 0.126 e. The van der Waals surface area contributed by atoms with Gasteiger partial charge in [0.15, 0.2) is 0 Å². The Hall–Kier alpha value is -1.58. The minimum atomic E-state index is -0.267. The topological polar surface area (TPSA) is 35.2 Å². The third kappa shape index (κ3) is 2.44. The van der Waals surface area contributed by atoms with E-state index in [0.29, 0.717) is 11.4 Å². The number of rotatable bonds is 1. The van der Waals surface area contributed by atoms with Crippen LogP contribution in [0.15, 0.2) is 42.5 Å². The normalized spacial score (nSPS) is 21.6. The van der Waals surface area contributed by atoms with Crippen molar-refractivity contribution in [3.05, 3.63) is 64.4 Å². The Bertz CT molecular complexity index is 617. The van der Waals surface area contributed by atoms with E-state index in [1.54, 1.807) is 12.1 Å². The number of halogens is 2. The van der Waals surface area contributed by atoms with Gasteiger partial charge in [-0.2, -0.15) is 0 Å². The van der Waals surface area contributed by atoms with Crippen molar-refractivity contribution in [1.29, 1.82) is 0 Å². The molecule has 2 atom stereocenters. The predicted octanol–water partition coefficient (Wildman–Crippen LogP) is 4.00. The summed E-state index contributed by atoms with van der Waals surface area (Å²) in [5, 5.41) is 0.641. The number of fused-ring (bicyclic) bond motifs is 1. The van der Waals surface area contributed by atoms with Gasteiger partial charge in [-0.1, -0.05) is 23.7 Å². The van der Waals surface area contributed by atoms with Gasteiger partial charge in [0.1, 0.15) is 17.7 Å². The highest BCUT2D eigenvalue weighted by atomic mass is 35.5. The molecule has 1 unspecified atom stereocenters. The predicted molar refractivity (Wildman–Crippen MR) is 72.8 cm³/mol. The second-order valence-electron chi connectivity index (χ2n) is 4.69. The zero-order chi connectivity index (χ0) is 13.4. The summed E-state index contributed by atoms with van der Waals surface area (Å²) in [4.78, 5) is 0. The van der Waals surface area contributed by atoms with Crippen molar-refractivity contribution >= 4 is 11.6 Å². The molecule has 0 fully saturated rings. The standard InChI is InChI=1S/C15H13ClFNO/c16-10-4-5-14-12(7-10)13(18)8-15(19-14)9-2-1-3-11(17)6-9/h1-7,13,15H,8,18H2/t13-,15?/m0/s1. The van der Waals surface area contributed by atoms with E-state index < -0.39 is 0 Å². The van der Waals surface area contributed by atoms with Crippen LogP contribution < -0.4 is 10.5 Å². The highest BCUT2D eigenvalue weighted by molar-refractivity contribution is 6.30. The molecule has 2 aromatic carbocycles. The Labute approximate surface area is 115 Å². The largest absolute Gasteiger partial charge is 0.485 e. The highest BCUT2D eigenvalue weighted by Crippen LogP contribution is 2.40. The fraction of sp³-hybridized carbons (Fsp3) is 0.200. The number of hydrogen-bond donors (Lipinski definition) is 1. The van der Waals surface area contributed by atoms with Gasteiger partial charge in [-0.3, -0.25) is 0 Å². The molecular formula is C15H13ClFNO. The Kier molecular flexibility index (Phi) is 3.17. The van der Waals surface area contributed by atoms with E-state index in [0.717, 1.165) is 16.9 Å². The summed E-state index contributed by atoms with van der Waals surface area (Å²) in [7, 11) is 0. The lowest BCUT2D eigenvalue weighted by Gasteiger charge is -2.30. The molecule has 0 bridgehead atoms. The minimum absolute atomic E-state index is 0.157. The van der Waals surface area contributed by atoms with Gasteiger partial charge in [0, 0.05) is 23.0 Å². The van der Waals surface area contributed by atoms with Crippen molar-refractivity contribution in [3.63, 3.8) is 0 Å². The first-order valence-corrected chi connectivity index (χ1v) is 6.48. The third-order valence-corrected chi connectivity index (χ3v) is 3.56. The molecule has 0 saturated carbocycles. The fourth-order valence-corrected chi connectivity index (χ4v) is 2.57. The second kappa shape index (κ2) is 4.83. The first-order valence-electron chi connectivity index (χ1n) is 6.10. The van der Waals surface area contributed by atoms with Crippen LogP contribution in [0, 0.1) is 5.82 Å². The van der Waals surface area contributed by atoms with Crippen molar-refractivity contribution in [3.8, 4) is 5.75 Å². The van der Waals surface area contributed by atoms with Gasteiger partial charge in [0.05, 0.1) is 0 Å². The molecule has 2 N–H and O–H groups in total. The first kappa shape index (κ1) is 12.5. The molecule has 98 valence electrons. The Balaban J connectivity index is 1.95.